The van der Waals surface area contributed by atoms with Gasteiger partial charge in [0, 0.05) is 18.1 Å². The van der Waals surface area contributed by atoms with Crippen molar-refractivity contribution in [2.75, 3.05) is 19.8 Å². The number of carbonyl (C=O) groups excluding carboxylic acids is 2. The van der Waals surface area contributed by atoms with Crippen LogP contribution < -0.4 is 0 Å². The first-order valence-corrected chi connectivity index (χ1v) is 7.34. The molecule has 0 unspecified atom stereocenters. The fraction of sp³-hybridized carbons (Fsp3) is 0.867. The number of hydrogen-bond acceptors (Lipinski definition) is 4. The molecule has 1 rings (SSSR count). The van der Waals surface area contributed by atoms with E-state index in [1.54, 1.807) is 11.8 Å². The standard InChI is InChI=1S/C15H27NO4/c1-6-19-13(17)10-16(15(3,4)5)14(18)12-7-8-20-11(2)9-12/h11-12H,6-10H2,1-5H3/t11-,12-/m1/s1. The summed E-state index contributed by atoms with van der Waals surface area (Å²) in [5.41, 5.74) is -0.397. The molecule has 1 aliphatic rings. The highest BCUT2D eigenvalue weighted by Gasteiger charge is 2.35. The van der Waals surface area contributed by atoms with Crippen LogP contribution in [0.15, 0.2) is 0 Å². The largest absolute Gasteiger partial charge is 0.465 e. The molecule has 0 bridgehead atoms. The molecule has 5 nitrogen and oxygen atoms in total. The quantitative estimate of drug-likeness (QED) is 0.741. The Morgan fingerprint density at radius 1 is 1.35 bits per heavy atom. The third-order valence-corrected chi connectivity index (χ3v) is 3.50. The maximum Gasteiger partial charge on any atom is 0.325 e. The molecule has 2 atom stereocenters. The zero-order chi connectivity index (χ0) is 15.3. The van der Waals surface area contributed by atoms with Crippen LogP contribution in [0.25, 0.3) is 0 Å². The van der Waals surface area contributed by atoms with Crippen LogP contribution in [0, 0.1) is 5.92 Å². The van der Waals surface area contributed by atoms with E-state index in [4.69, 9.17) is 9.47 Å². The minimum Gasteiger partial charge on any atom is -0.465 e. The zero-order valence-corrected chi connectivity index (χ0v) is 13.3. The summed E-state index contributed by atoms with van der Waals surface area (Å²) in [6.45, 7) is 10.5. The van der Waals surface area contributed by atoms with Crippen molar-refractivity contribution < 1.29 is 19.1 Å². The smallest absolute Gasteiger partial charge is 0.325 e. The summed E-state index contributed by atoms with van der Waals surface area (Å²) >= 11 is 0. The molecule has 1 aliphatic heterocycles. The number of nitrogens with zero attached hydrogens (tertiary/aromatic N) is 1. The highest BCUT2D eigenvalue weighted by Crippen LogP contribution is 2.25. The number of rotatable bonds is 4. The first-order chi connectivity index (χ1) is 9.25. The predicted molar refractivity (Wildman–Crippen MR) is 76.2 cm³/mol. The molecule has 1 amide bonds. The lowest BCUT2D eigenvalue weighted by Gasteiger charge is -2.39. The lowest BCUT2D eigenvalue weighted by atomic mass is 9.92. The second kappa shape index (κ2) is 7.07. The average Bonchev–Trinajstić information content (AvgIpc) is 2.34. The molecule has 116 valence electrons. The van der Waals surface area contributed by atoms with Gasteiger partial charge in [0.15, 0.2) is 0 Å². The minimum absolute atomic E-state index is 0.0158. The molecule has 0 aromatic carbocycles. The van der Waals surface area contributed by atoms with Gasteiger partial charge in [-0.25, -0.2) is 0 Å². The summed E-state index contributed by atoms with van der Waals surface area (Å²) in [5.74, 6) is -0.385. The Bertz CT molecular complexity index is 348. The Kier molecular flexibility index (Phi) is 5.99. The van der Waals surface area contributed by atoms with E-state index in [1.165, 1.54) is 0 Å². The summed E-state index contributed by atoms with van der Waals surface area (Å²) < 4.78 is 10.4. The number of esters is 1. The van der Waals surface area contributed by atoms with E-state index in [9.17, 15) is 9.59 Å². The highest BCUT2D eigenvalue weighted by atomic mass is 16.5. The Hall–Kier alpha value is -1.10. The number of amides is 1. The van der Waals surface area contributed by atoms with Gasteiger partial charge in [-0.2, -0.15) is 0 Å². The van der Waals surface area contributed by atoms with E-state index in [2.05, 4.69) is 0 Å². The van der Waals surface area contributed by atoms with Crippen LogP contribution in [0.5, 0.6) is 0 Å². The topological polar surface area (TPSA) is 55.8 Å². The first-order valence-electron chi connectivity index (χ1n) is 7.34. The van der Waals surface area contributed by atoms with Crippen LogP contribution in [-0.2, 0) is 19.1 Å². The first kappa shape index (κ1) is 17.0. The molecule has 5 heteroatoms. The monoisotopic (exact) mass is 285 g/mol. The van der Waals surface area contributed by atoms with Crippen LogP contribution in [0.3, 0.4) is 0 Å². The van der Waals surface area contributed by atoms with Crippen LogP contribution in [0.1, 0.15) is 47.5 Å². The van der Waals surface area contributed by atoms with Crippen molar-refractivity contribution in [1.82, 2.24) is 4.90 Å². The maximum absolute atomic E-state index is 12.7. The van der Waals surface area contributed by atoms with Gasteiger partial charge in [0.1, 0.15) is 6.54 Å². The van der Waals surface area contributed by atoms with E-state index in [0.717, 1.165) is 6.42 Å². The highest BCUT2D eigenvalue weighted by molar-refractivity contribution is 5.84. The third kappa shape index (κ3) is 4.78. The summed E-state index contributed by atoms with van der Waals surface area (Å²) in [5, 5.41) is 0. The van der Waals surface area contributed by atoms with Gasteiger partial charge < -0.3 is 14.4 Å². The number of ether oxygens (including phenoxy) is 2. The molecule has 1 heterocycles. The summed E-state index contributed by atoms with van der Waals surface area (Å²) in [6.07, 6.45) is 1.54. The van der Waals surface area contributed by atoms with Crippen molar-refractivity contribution >= 4 is 11.9 Å². The van der Waals surface area contributed by atoms with Crippen molar-refractivity contribution in [3.05, 3.63) is 0 Å². The lowest BCUT2D eigenvalue weighted by Crippen LogP contribution is -2.51. The molecule has 0 aromatic heterocycles. The molecular formula is C15H27NO4. The molecule has 1 saturated heterocycles. The second-order valence-corrected chi connectivity index (χ2v) is 6.30. The molecule has 0 saturated carbocycles. The van der Waals surface area contributed by atoms with Crippen molar-refractivity contribution in [2.24, 2.45) is 5.92 Å². The predicted octanol–water partition coefficient (Wildman–Crippen LogP) is 1.99. The summed E-state index contributed by atoms with van der Waals surface area (Å²) in [7, 11) is 0. The van der Waals surface area contributed by atoms with Gasteiger partial charge >= 0.3 is 5.97 Å². The van der Waals surface area contributed by atoms with E-state index in [-0.39, 0.29) is 30.4 Å². The molecule has 0 aromatic rings. The van der Waals surface area contributed by atoms with Gasteiger partial charge in [-0.15, -0.1) is 0 Å². The van der Waals surface area contributed by atoms with Crippen LogP contribution in [0.2, 0.25) is 0 Å². The Balaban J connectivity index is 2.77. The maximum atomic E-state index is 12.7. The Morgan fingerprint density at radius 3 is 2.50 bits per heavy atom. The molecule has 0 spiro atoms. The van der Waals surface area contributed by atoms with Gasteiger partial charge in [-0.05, 0) is 47.5 Å². The van der Waals surface area contributed by atoms with Gasteiger partial charge in [-0.3, -0.25) is 9.59 Å². The van der Waals surface area contributed by atoms with E-state index < -0.39 is 5.54 Å². The molecular weight excluding hydrogens is 258 g/mol. The third-order valence-electron chi connectivity index (χ3n) is 3.50. The second-order valence-electron chi connectivity index (χ2n) is 6.30. The van der Waals surface area contributed by atoms with Crippen molar-refractivity contribution in [3.8, 4) is 0 Å². The van der Waals surface area contributed by atoms with Crippen LogP contribution >= 0.6 is 0 Å². The average molecular weight is 285 g/mol. The molecule has 1 fully saturated rings. The zero-order valence-electron chi connectivity index (χ0n) is 13.3. The Morgan fingerprint density at radius 2 is 2.00 bits per heavy atom. The van der Waals surface area contributed by atoms with Crippen LogP contribution in [-0.4, -0.2) is 48.2 Å². The number of hydrogen-bond donors (Lipinski definition) is 0. The molecule has 0 N–H and O–H groups in total. The molecule has 20 heavy (non-hydrogen) atoms. The van der Waals surface area contributed by atoms with Gasteiger partial charge in [0.2, 0.25) is 5.91 Å². The van der Waals surface area contributed by atoms with Gasteiger partial charge in [0.05, 0.1) is 12.7 Å². The summed E-state index contributed by atoms with van der Waals surface area (Å²) in [6, 6.07) is 0. The number of carbonyl (C=O) groups is 2. The molecule has 0 aliphatic carbocycles. The van der Waals surface area contributed by atoms with E-state index in [1.807, 2.05) is 27.7 Å². The minimum atomic E-state index is -0.397. The lowest BCUT2D eigenvalue weighted by molar-refractivity contribution is -0.156. The molecule has 0 radical (unpaired) electrons. The summed E-state index contributed by atoms with van der Waals surface area (Å²) in [4.78, 5) is 26.0. The van der Waals surface area contributed by atoms with Crippen LogP contribution in [0.4, 0.5) is 0 Å². The van der Waals surface area contributed by atoms with Crippen molar-refractivity contribution in [3.63, 3.8) is 0 Å². The Labute approximate surface area is 121 Å². The SMILES string of the molecule is CCOC(=O)CN(C(=O)[C@@H]1CCO[C@H](C)C1)C(C)(C)C. The van der Waals surface area contributed by atoms with Crippen molar-refractivity contribution in [1.29, 1.82) is 0 Å². The van der Waals surface area contributed by atoms with E-state index in [0.29, 0.717) is 19.6 Å². The van der Waals surface area contributed by atoms with Gasteiger partial charge in [0.25, 0.3) is 0 Å². The fourth-order valence-corrected chi connectivity index (χ4v) is 2.42. The van der Waals surface area contributed by atoms with Crippen molar-refractivity contribution in [2.45, 2.75) is 59.1 Å². The van der Waals surface area contributed by atoms with Gasteiger partial charge in [-0.1, -0.05) is 0 Å². The van der Waals surface area contributed by atoms with E-state index >= 15 is 0 Å². The normalized spacial score (nSPS) is 23.2. The fourth-order valence-electron chi connectivity index (χ4n) is 2.42.